The van der Waals surface area contributed by atoms with E-state index in [1.807, 2.05) is 31.7 Å². The average Bonchev–Trinajstić information content (AvgIpc) is 3.35. The molecule has 2 aromatic rings. The third-order valence-corrected chi connectivity index (χ3v) is 5.49. The maximum absolute atomic E-state index is 12.6. The van der Waals surface area contributed by atoms with Crippen LogP contribution in [0.3, 0.4) is 0 Å². The van der Waals surface area contributed by atoms with E-state index in [2.05, 4.69) is 21.4 Å². The fourth-order valence-corrected chi connectivity index (χ4v) is 4.03. The second-order valence-corrected chi connectivity index (χ2v) is 8.79. The second kappa shape index (κ2) is 6.86. The Bertz CT molecular complexity index is 970. The molecule has 4 rings (SSSR count). The van der Waals surface area contributed by atoms with Gasteiger partial charge in [-0.25, -0.2) is 19.3 Å². The number of hydrogen-bond acceptors (Lipinski definition) is 6. The quantitative estimate of drug-likeness (QED) is 0.725. The predicted octanol–water partition coefficient (Wildman–Crippen LogP) is 2.97. The maximum Gasteiger partial charge on any atom is 0.420 e. The molecule has 0 atom stereocenters. The summed E-state index contributed by atoms with van der Waals surface area (Å²) >= 11 is 0. The molecule has 2 aliphatic rings. The number of aromatic nitrogens is 3. The Balaban J connectivity index is 1.66. The van der Waals surface area contributed by atoms with Gasteiger partial charge in [-0.2, -0.15) is 0 Å². The van der Waals surface area contributed by atoms with Crippen LogP contribution < -0.4 is 4.90 Å². The number of hydrogen-bond donors (Lipinski definition) is 0. The Kier molecular flexibility index (Phi) is 4.59. The van der Waals surface area contributed by atoms with Crippen molar-refractivity contribution in [3.63, 3.8) is 0 Å². The minimum Gasteiger partial charge on any atom is -0.443 e. The van der Waals surface area contributed by atoms with Crippen molar-refractivity contribution in [1.82, 2.24) is 19.4 Å². The molecule has 0 aromatic carbocycles. The third-order valence-electron chi connectivity index (χ3n) is 5.49. The Labute approximate surface area is 170 Å². The van der Waals surface area contributed by atoms with Gasteiger partial charge in [-0.15, -0.1) is 0 Å². The number of amides is 1. The zero-order chi connectivity index (χ0) is 20.8. The Morgan fingerprint density at radius 1 is 1.24 bits per heavy atom. The molecule has 8 heteroatoms. The van der Waals surface area contributed by atoms with Gasteiger partial charge in [-0.1, -0.05) is 6.58 Å². The van der Waals surface area contributed by atoms with Crippen molar-refractivity contribution in [2.75, 3.05) is 24.5 Å². The molecule has 1 saturated heterocycles. The topological polar surface area (TPSA) is 80.6 Å². The van der Waals surface area contributed by atoms with Gasteiger partial charge in [-0.3, -0.25) is 4.79 Å². The highest BCUT2D eigenvalue weighted by Crippen LogP contribution is 2.45. The van der Waals surface area contributed by atoms with Crippen LogP contribution >= 0.6 is 0 Å². The first-order valence-corrected chi connectivity index (χ1v) is 9.98. The summed E-state index contributed by atoms with van der Waals surface area (Å²) in [7, 11) is 0. The van der Waals surface area contributed by atoms with E-state index >= 15 is 0 Å². The van der Waals surface area contributed by atoms with Crippen molar-refractivity contribution in [3.8, 4) is 0 Å². The van der Waals surface area contributed by atoms with Crippen LogP contribution in [-0.4, -0.2) is 62.2 Å². The summed E-state index contributed by atoms with van der Waals surface area (Å²) in [6.45, 7) is 11.4. The molecule has 0 bridgehead atoms. The van der Waals surface area contributed by atoms with E-state index in [1.54, 1.807) is 6.20 Å². The maximum atomic E-state index is 12.6. The van der Waals surface area contributed by atoms with Crippen LogP contribution in [0.1, 0.15) is 40.0 Å². The number of nitrogens with zero attached hydrogens (tertiary/aromatic N) is 5. The Hall–Kier alpha value is -2.90. The Morgan fingerprint density at radius 3 is 2.66 bits per heavy atom. The fraction of sp³-hybridized carbons (Fsp3) is 0.524. The zero-order valence-corrected chi connectivity index (χ0v) is 17.2. The summed E-state index contributed by atoms with van der Waals surface area (Å²) in [5, 5.41) is 0.803. The SMILES string of the molecule is C=CC(=O)N1CCCN(c2ncnc3c2ccn3C(=O)OC(C)(C)C)CC12CC2. The number of ether oxygens (including phenoxy) is 1. The molecule has 1 aliphatic carbocycles. The molecule has 2 fully saturated rings. The first kappa shape index (κ1) is 19.4. The lowest BCUT2D eigenvalue weighted by molar-refractivity contribution is -0.128. The highest BCUT2D eigenvalue weighted by atomic mass is 16.6. The van der Waals surface area contributed by atoms with E-state index in [4.69, 9.17) is 4.74 Å². The van der Waals surface area contributed by atoms with E-state index < -0.39 is 11.7 Å². The van der Waals surface area contributed by atoms with E-state index in [9.17, 15) is 9.59 Å². The normalized spacial score (nSPS) is 18.6. The molecule has 0 unspecified atom stereocenters. The van der Waals surface area contributed by atoms with Crippen molar-refractivity contribution < 1.29 is 14.3 Å². The van der Waals surface area contributed by atoms with Gasteiger partial charge in [0, 0.05) is 25.8 Å². The number of carbonyl (C=O) groups is 2. The molecular formula is C21H27N5O3. The smallest absolute Gasteiger partial charge is 0.420 e. The van der Waals surface area contributed by atoms with Crippen LogP contribution in [-0.2, 0) is 9.53 Å². The van der Waals surface area contributed by atoms with Crippen molar-refractivity contribution in [2.24, 2.45) is 0 Å². The van der Waals surface area contributed by atoms with Gasteiger partial charge >= 0.3 is 6.09 Å². The van der Waals surface area contributed by atoms with Gasteiger partial charge in [0.25, 0.3) is 0 Å². The summed E-state index contributed by atoms with van der Waals surface area (Å²) in [5.74, 6) is 0.782. The minimum absolute atomic E-state index is 0.00624. The van der Waals surface area contributed by atoms with Crippen LogP contribution in [0.25, 0.3) is 11.0 Å². The third kappa shape index (κ3) is 3.59. The number of carbonyl (C=O) groups excluding carboxylic acids is 2. The monoisotopic (exact) mass is 397 g/mol. The van der Waals surface area contributed by atoms with Gasteiger partial charge < -0.3 is 14.5 Å². The molecule has 1 spiro atoms. The Morgan fingerprint density at radius 2 is 2.00 bits per heavy atom. The van der Waals surface area contributed by atoms with Crippen LogP contribution in [0.2, 0.25) is 0 Å². The lowest BCUT2D eigenvalue weighted by atomic mass is 10.2. The van der Waals surface area contributed by atoms with Crippen LogP contribution in [0.4, 0.5) is 10.6 Å². The molecule has 8 nitrogen and oxygen atoms in total. The van der Waals surface area contributed by atoms with E-state index in [1.165, 1.54) is 17.0 Å². The summed E-state index contributed by atoms with van der Waals surface area (Å²) in [4.78, 5) is 37.9. The van der Waals surface area contributed by atoms with Gasteiger partial charge in [0.05, 0.1) is 10.9 Å². The summed E-state index contributed by atoms with van der Waals surface area (Å²) in [6, 6.07) is 1.85. The van der Waals surface area contributed by atoms with E-state index in [-0.39, 0.29) is 11.4 Å². The van der Waals surface area contributed by atoms with Gasteiger partial charge in [0.15, 0.2) is 5.65 Å². The van der Waals surface area contributed by atoms with Crippen molar-refractivity contribution in [1.29, 1.82) is 0 Å². The molecule has 0 radical (unpaired) electrons. The molecule has 154 valence electrons. The summed E-state index contributed by atoms with van der Waals surface area (Å²) in [6.07, 6.45) is 6.91. The minimum atomic E-state index is -0.589. The predicted molar refractivity (Wildman–Crippen MR) is 110 cm³/mol. The van der Waals surface area contributed by atoms with Gasteiger partial charge in [0.1, 0.15) is 17.7 Å². The largest absolute Gasteiger partial charge is 0.443 e. The number of rotatable bonds is 2. The second-order valence-electron chi connectivity index (χ2n) is 8.79. The molecule has 2 aromatic heterocycles. The summed E-state index contributed by atoms with van der Waals surface area (Å²) < 4.78 is 6.91. The first-order valence-electron chi connectivity index (χ1n) is 9.98. The molecule has 29 heavy (non-hydrogen) atoms. The number of anilines is 1. The van der Waals surface area contributed by atoms with Crippen LogP contribution in [0.15, 0.2) is 31.2 Å². The molecule has 0 N–H and O–H groups in total. The van der Waals surface area contributed by atoms with E-state index in [0.29, 0.717) is 12.2 Å². The average molecular weight is 397 g/mol. The van der Waals surface area contributed by atoms with Crippen molar-refractivity contribution in [3.05, 3.63) is 31.2 Å². The van der Waals surface area contributed by atoms with Gasteiger partial charge in [-0.05, 0) is 52.2 Å². The van der Waals surface area contributed by atoms with Crippen LogP contribution in [0.5, 0.6) is 0 Å². The van der Waals surface area contributed by atoms with Crippen molar-refractivity contribution >= 4 is 28.9 Å². The van der Waals surface area contributed by atoms with Gasteiger partial charge in [0.2, 0.25) is 5.91 Å². The first-order chi connectivity index (χ1) is 13.7. The van der Waals surface area contributed by atoms with Crippen molar-refractivity contribution in [2.45, 2.75) is 51.2 Å². The highest BCUT2D eigenvalue weighted by molar-refractivity contribution is 5.93. The number of fused-ring (bicyclic) bond motifs is 1. The zero-order valence-electron chi connectivity index (χ0n) is 17.2. The molecule has 1 amide bonds. The standard InChI is InChI=1S/C21H27N5O3/c1-5-16(27)26-11-6-10-24(13-21(26)8-9-21)17-15-7-12-25(18(15)23-14-22-17)19(28)29-20(2,3)4/h5,7,12,14H,1,6,8-11,13H2,2-4H3. The molecule has 1 aliphatic heterocycles. The lowest BCUT2D eigenvalue weighted by Crippen LogP contribution is -2.46. The summed E-state index contributed by atoms with van der Waals surface area (Å²) in [5.41, 5.74) is -0.210. The lowest BCUT2D eigenvalue weighted by Gasteiger charge is -2.32. The molecule has 1 saturated carbocycles. The molecule has 3 heterocycles. The fourth-order valence-electron chi connectivity index (χ4n) is 4.03. The highest BCUT2D eigenvalue weighted by Gasteiger charge is 2.51. The van der Waals surface area contributed by atoms with Crippen LogP contribution in [0, 0.1) is 0 Å². The molecular weight excluding hydrogens is 370 g/mol. The van der Waals surface area contributed by atoms with E-state index in [0.717, 1.165) is 43.6 Å².